The summed E-state index contributed by atoms with van der Waals surface area (Å²) < 4.78 is 11.9. The summed E-state index contributed by atoms with van der Waals surface area (Å²) in [5.74, 6) is 1.81. The first-order valence-electron chi connectivity index (χ1n) is 8.88. The quantitative estimate of drug-likeness (QED) is 0.779. The maximum Gasteiger partial charge on any atom is 0.120 e. The second-order valence-electron chi connectivity index (χ2n) is 6.69. The highest BCUT2D eigenvalue weighted by Crippen LogP contribution is 2.23. The molecule has 128 valence electrons. The third kappa shape index (κ3) is 4.75. The van der Waals surface area contributed by atoms with Gasteiger partial charge in [0.15, 0.2) is 0 Å². The van der Waals surface area contributed by atoms with Gasteiger partial charge < -0.3 is 14.4 Å². The van der Waals surface area contributed by atoms with E-state index in [1.54, 1.807) is 0 Å². The van der Waals surface area contributed by atoms with E-state index in [9.17, 15) is 0 Å². The zero-order valence-electron chi connectivity index (χ0n) is 14.7. The Labute approximate surface area is 145 Å². The van der Waals surface area contributed by atoms with Crippen molar-refractivity contribution in [3.8, 4) is 11.5 Å². The molecule has 3 nitrogen and oxygen atoms in total. The highest BCUT2D eigenvalue weighted by molar-refractivity contribution is 5.31. The van der Waals surface area contributed by atoms with Gasteiger partial charge in [0.25, 0.3) is 0 Å². The largest absolute Gasteiger partial charge is 0.490 e. The predicted octanol–water partition coefficient (Wildman–Crippen LogP) is 4.52. The third-order valence-electron chi connectivity index (χ3n) is 4.58. The molecule has 3 rings (SSSR count). The van der Waals surface area contributed by atoms with Gasteiger partial charge in [-0.1, -0.05) is 30.3 Å². The molecule has 0 spiro atoms. The molecule has 0 amide bonds. The number of nitrogens with zero attached hydrogens (tertiary/aromatic N) is 1. The molecule has 0 atom stereocenters. The lowest BCUT2D eigenvalue weighted by Gasteiger charge is -2.34. The summed E-state index contributed by atoms with van der Waals surface area (Å²) in [4.78, 5) is 2.51. The number of hydrogen-bond donors (Lipinski definition) is 0. The number of rotatable bonds is 6. The van der Waals surface area contributed by atoms with Crippen LogP contribution in [0.1, 0.15) is 32.3 Å². The summed E-state index contributed by atoms with van der Waals surface area (Å²) in [5.41, 5.74) is 1.18. The van der Waals surface area contributed by atoms with Gasteiger partial charge in [-0.3, -0.25) is 0 Å². The molecule has 1 aliphatic rings. The Morgan fingerprint density at radius 3 is 2.17 bits per heavy atom. The number of benzene rings is 2. The second-order valence-corrected chi connectivity index (χ2v) is 6.69. The van der Waals surface area contributed by atoms with Crippen molar-refractivity contribution in [3.63, 3.8) is 0 Å². The van der Waals surface area contributed by atoms with E-state index in [4.69, 9.17) is 9.47 Å². The summed E-state index contributed by atoms with van der Waals surface area (Å²) >= 11 is 0. The second kappa shape index (κ2) is 8.20. The van der Waals surface area contributed by atoms with E-state index in [-0.39, 0.29) is 0 Å². The van der Waals surface area contributed by atoms with E-state index in [0.29, 0.717) is 18.8 Å². The summed E-state index contributed by atoms with van der Waals surface area (Å²) in [6.45, 7) is 7.36. The zero-order valence-corrected chi connectivity index (χ0v) is 14.7. The minimum atomic E-state index is 0.330. The minimum Gasteiger partial charge on any atom is -0.490 e. The van der Waals surface area contributed by atoms with Crippen LogP contribution < -0.4 is 9.47 Å². The molecular formula is C21H27NO2. The number of likely N-dealkylation sites (tertiary alicyclic amines) is 1. The van der Waals surface area contributed by atoms with Crippen molar-refractivity contribution in [3.05, 3.63) is 60.2 Å². The maximum atomic E-state index is 6.12. The number of hydrogen-bond acceptors (Lipinski definition) is 3. The first kappa shape index (κ1) is 16.8. The Balaban J connectivity index is 1.46. The molecule has 0 unspecified atom stereocenters. The summed E-state index contributed by atoms with van der Waals surface area (Å²) in [7, 11) is 0. The van der Waals surface area contributed by atoms with Crippen LogP contribution in [0, 0.1) is 0 Å². The van der Waals surface area contributed by atoms with Crippen LogP contribution in [0.2, 0.25) is 0 Å². The molecule has 24 heavy (non-hydrogen) atoms. The summed E-state index contributed by atoms with van der Waals surface area (Å²) in [5, 5.41) is 0. The van der Waals surface area contributed by atoms with Gasteiger partial charge in [0, 0.05) is 19.1 Å². The molecule has 0 aliphatic carbocycles. The van der Waals surface area contributed by atoms with E-state index >= 15 is 0 Å². The summed E-state index contributed by atoms with van der Waals surface area (Å²) in [6, 6.07) is 18.8. The van der Waals surface area contributed by atoms with Crippen LogP contribution in [0.5, 0.6) is 11.5 Å². The van der Waals surface area contributed by atoms with Crippen molar-refractivity contribution < 1.29 is 9.47 Å². The number of piperidine rings is 1. The van der Waals surface area contributed by atoms with Crippen LogP contribution in [-0.4, -0.2) is 30.1 Å². The highest BCUT2D eigenvalue weighted by atomic mass is 16.5. The first-order valence-corrected chi connectivity index (χ1v) is 8.88. The molecule has 0 radical (unpaired) electrons. The van der Waals surface area contributed by atoms with E-state index in [1.807, 2.05) is 42.5 Å². The van der Waals surface area contributed by atoms with Crippen molar-refractivity contribution in [2.45, 2.75) is 45.4 Å². The molecular weight excluding hydrogens is 298 g/mol. The van der Waals surface area contributed by atoms with Crippen molar-refractivity contribution in [1.82, 2.24) is 4.90 Å². The smallest absolute Gasteiger partial charge is 0.120 e. The number of ether oxygens (including phenoxy) is 2. The lowest BCUT2D eigenvalue weighted by molar-refractivity contribution is 0.0842. The highest BCUT2D eigenvalue weighted by Gasteiger charge is 2.21. The van der Waals surface area contributed by atoms with Gasteiger partial charge in [-0.05, 0) is 56.5 Å². The van der Waals surface area contributed by atoms with Crippen LogP contribution in [0.3, 0.4) is 0 Å². The molecule has 2 aromatic rings. The van der Waals surface area contributed by atoms with Crippen LogP contribution in [0.4, 0.5) is 0 Å². The van der Waals surface area contributed by atoms with Crippen LogP contribution in [-0.2, 0) is 6.61 Å². The Morgan fingerprint density at radius 2 is 1.54 bits per heavy atom. The molecule has 1 aliphatic heterocycles. The molecule has 2 aromatic carbocycles. The maximum absolute atomic E-state index is 6.12. The van der Waals surface area contributed by atoms with Crippen molar-refractivity contribution in [1.29, 1.82) is 0 Å². The normalized spacial score (nSPS) is 16.3. The topological polar surface area (TPSA) is 21.7 Å². The van der Waals surface area contributed by atoms with Gasteiger partial charge in [-0.15, -0.1) is 0 Å². The van der Waals surface area contributed by atoms with Gasteiger partial charge in [-0.25, -0.2) is 0 Å². The van der Waals surface area contributed by atoms with E-state index in [2.05, 4.69) is 30.9 Å². The Bertz CT molecular complexity index is 601. The first-order chi connectivity index (χ1) is 11.7. The Kier molecular flexibility index (Phi) is 5.76. The van der Waals surface area contributed by atoms with Gasteiger partial charge in [-0.2, -0.15) is 0 Å². The van der Waals surface area contributed by atoms with Crippen LogP contribution >= 0.6 is 0 Å². The standard InChI is InChI=1S/C21H27NO2/c1-17(2)22-14-12-21(13-15-22)24-20-10-8-19(9-11-20)23-16-18-6-4-3-5-7-18/h3-11,17,21H,12-16H2,1-2H3. The van der Waals surface area contributed by atoms with Crippen LogP contribution in [0.15, 0.2) is 54.6 Å². The fourth-order valence-corrected chi connectivity index (χ4v) is 3.06. The fourth-order valence-electron chi connectivity index (χ4n) is 3.06. The monoisotopic (exact) mass is 325 g/mol. The fraction of sp³-hybridized carbons (Fsp3) is 0.429. The SMILES string of the molecule is CC(C)N1CCC(Oc2ccc(OCc3ccccc3)cc2)CC1. The molecule has 1 saturated heterocycles. The average Bonchev–Trinajstić information content (AvgIpc) is 2.62. The lowest BCUT2D eigenvalue weighted by atomic mass is 10.1. The third-order valence-corrected chi connectivity index (χ3v) is 4.58. The van der Waals surface area contributed by atoms with Crippen molar-refractivity contribution in [2.24, 2.45) is 0 Å². The molecule has 0 bridgehead atoms. The van der Waals surface area contributed by atoms with Crippen molar-refractivity contribution in [2.75, 3.05) is 13.1 Å². The predicted molar refractivity (Wildman–Crippen MR) is 97.6 cm³/mol. The molecule has 0 aromatic heterocycles. The summed E-state index contributed by atoms with van der Waals surface area (Å²) in [6.07, 6.45) is 2.53. The van der Waals surface area contributed by atoms with Gasteiger partial charge in [0.05, 0.1) is 0 Å². The van der Waals surface area contributed by atoms with E-state index in [1.165, 1.54) is 5.56 Å². The van der Waals surface area contributed by atoms with Gasteiger partial charge in [0.1, 0.15) is 24.2 Å². The molecule has 1 fully saturated rings. The average molecular weight is 325 g/mol. The molecule has 0 saturated carbocycles. The van der Waals surface area contributed by atoms with Gasteiger partial charge in [0.2, 0.25) is 0 Å². The Morgan fingerprint density at radius 1 is 0.917 bits per heavy atom. The molecule has 1 heterocycles. The van der Waals surface area contributed by atoms with Crippen LogP contribution in [0.25, 0.3) is 0 Å². The molecule has 0 N–H and O–H groups in total. The lowest BCUT2D eigenvalue weighted by Crippen LogP contribution is -2.41. The van der Waals surface area contributed by atoms with E-state index < -0.39 is 0 Å². The van der Waals surface area contributed by atoms with Crippen molar-refractivity contribution >= 4 is 0 Å². The molecule has 3 heteroatoms. The zero-order chi connectivity index (χ0) is 16.8. The Hall–Kier alpha value is -2.00. The van der Waals surface area contributed by atoms with Gasteiger partial charge >= 0.3 is 0 Å². The minimum absolute atomic E-state index is 0.330. The van der Waals surface area contributed by atoms with E-state index in [0.717, 1.165) is 37.4 Å².